The number of nitrogens with one attached hydrogen (secondary N) is 2. The molecule has 4 aliphatic rings. The summed E-state index contributed by atoms with van der Waals surface area (Å²) in [5.41, 5.74) is 6.56. The van der Waals surface area contributed by atoms with Gasteiger partial charge in [0.15, 0.2) is 6.10 Å². The molecule has 2 aromatic carbocycles. The summed E-state index contributed by atoms with van der Waals surface area (Å²) in [6.07, 6.45) is 1.55. The quantitative estimate of drug-likeness (QED) is 0.106. The highest BCUT2D eigenvalue weighted by molar-refractivity contribution is 8.00. The largest absolute Gasteiger partial charge is 0.480 e. The van der Waals surface area contributed by atoms with Crippen molar-refractivity contribution in [3.63, 3.8) is 0 Å². The van der Waals surface area contributed by atoms with E-state index in [4.69, 9.17) is 25.3 Å². The number of imidazole rings is 1. The van der Waals surface area contributed by atoms with E-state index in [2.05, 4.69) is 10.6 Å². The average Bonchev–Trinajstić information content (AvgIpc) is 3.93. The summed E-state index contributed by atoms with van der Waals surface area (Å²) in [7, 11) is 0. The smallest absolute Gasteiger partial charge is 0.407 e. The Hall–Kier alpha value is -4.98. The van der Waals surface area contributed by atoms with E-state index in [1.807, 2.05) is 34.9 Å². The van der Waals surface area contributed by atoms with Crippen LogP contribution in [0.5, 0.6) is 0 Å². The Labute approximate surface area is 361 Å². The van der Waals surface area contributed by atoms with Gasteiger partial charge in [-0.1, -0.05) is 43.2 Å². The van der Waals surface area contributed by atoms with Gasteiger partial charge in [0.25, 0.3) is 5.91 Å². The second kappa shape index (κ2) is 20.5. The molecule has 334 valence electrons. The van der Waals surface area contributed by atoms with Crippen LogP contribution in [0.3, 0.4) is 0 Å². The van der Waals surface area contributed by atoms with E-state index in [0.717, 1.165) is 35.5 Å². The molecule has 0 saturated carbocycles. The van der Waals surface area contributed by atoms with Gasteiger partial charge in [0, 0.05) is 75.8 Å². The first kappa shape index (κ1) is 45.1. The number of nitrogens with zero attached hydrogens (tertiary/aromatic N) is 4. The molecule has 4 fully saturated rings. The molecule has 19 heteroatoms. The number of hydrogen-bond donors (Lipinski definition) is 4. The summed E-state index contributed by atoms with van der Waals surface area (Å²) in [6.45, 7) is 1.54. The number of aliphatic carboxylic acids is 1. The predicted octanol–water partition coefficient (Wildman–Crippen LogP) is 4.04. The average molecular weight is 884 g/mol. The van der Waals surface area contributed by atoms with Gasteiger partial charge in [-0.05, 0) is 55.4 Å². The van der Waals surface area contributed by atoms with E-state index < -0.39 is 71.2 Å². The number of hydrogen-bond acceptors (Lipinski definition) is 11. The van der Waals surface area contributed by atoms with Crippen molar-refractivity contribution >= 4 is 41.5 Å². The van der Waals surface area contributed by atoms with E-state index in [9.17, 15) is 28.4 Å². The SMILES string of the molecule is N[C@@H](CSC1CC(=O)N(CCCCCCNC(=O)O[C@@H]2C(=O)N([C@@H](c3nc(-c4cc(F)ccc4F)cn3Cc3ccccc3)C3CCOCC3)C[C@@H]3C2NC[C@@H]3F)C1=O)C(=O)O. The van der Waals surface area contributed by atoms with Crippen molar-refractivity contribution in [2.24, 2.45) is 17.6 Å². The molecule has 7 rings (SSSR count). The standard InChI is InChI=1S/C43H52F3N7O8S/c44-27-10-11-30(45)28(18-27)33-23-51(21-25-8-4-3-5-9-25)39(50-33)37(26-12-16-60-17-13-26)53-22-29-31(46)20-49-36(29)38(41(53)56)61-43(59)48-14-6-1-2-7-15-52-35(54)19-34(40(52)55)62-24-32(47)42(57)58/h3-5,8-11,18,23,26,29,31-32,34,36-38,49H,1-2,6-7,12-17,19-22,24,47H2,(H,48,59)(H,57,58)/t29-,31-,32-,34?,36?,37+,38-/m0/s1. The van der Waals surface area contributed by atoms with Gasteiger partial charge < -0.3 is 40.4 Å². The van der Waals surface area contributed by atoms with Gasteiger partial charge in [0.05, 0.1) is 23.0 Å². The van der Waals surface area contributed by atoms with Gasteiger partial charge in [0.2, 0.25) is 11.8 Å². The molecular formula is C43H52F3N7O8S. The first-order chi connectivity index (χ1) is 29.9. The number of piperidine rings is 1. The molecule has 2 unspecified atom stereocenters. The molecule has 1 aromatic heterocycles. The van der Waals surface area contributed by atoms with Crippen molar-refractivity contribution in [1.29, 1.82) is 0 Å². The monoisotopic (exact) mass is 883 g/mol. The maximum Gasteiger partial charge on any atom is 0.407 e. The van der Waals surface area contributed by atoms with Crippen molar-refractivity contribution in [3.8, 4) is 11.3 Å². The number of amides is 4. The van der Waals surface area contributed by atoms with E-state index in [0.29, 0.717) is 64.1 Å². The molecule has 4 saturated heterocycles. The number of halogens is 3. The maximum absolute atomic E-state index is 15.7. The summed E-state index contributed by atoms with van der Waals surface area (Å²) in [6, 6.07) is 9.98. The number of carbonyl (C=O) groups is 5. The van der Waals surface area contributed by atoms with Crippen molar-refractivity contribution in [3.05, 3.63) is 77.8 Å². The van der Waals surface area contributed by atoms with Gasteiger partial charge in [-0.2, -0.15) is 0 Å². The summed E-state index contributed by atoms with van der Waals surface area (Å²) in [5, 5.41) is 14.1. The Morgan fingerprint density at radius 3 is 2.56 bits per heavy atom. The number of unbranched alkanes of at least 4 members (excludes halogenated alkanes) is 3. The second-order valence-electron chi connectivity index (χ2n) is 16.2. The van der Waals surface area contributed by atoms with Crippen molar-refractivity contribution in [2.45, 2.75) is 87.1 Å². The Morgan fingerprint density at radius 2 is 1.81 bits per heavy atom. The number of alkyl halides is 1. The number of benzene rings is 2. The zero-order chi connectivity index (χ0) is 43.9. The summed E-state index contributed by atoms with van der Waals surface area (Å²) >= 11 is 1.07. The maximum atomic E-state index is 15.7. The van der Waals surface area contributed by atoms with E-state index in [1.165, 1.54) is 4.90 Å². The molecule has 0 spiro atoms. The van der Waals surface area contributed by atoms with Crippen LogP contribution in [0.4, 0.5) is 18.0 Å². The van der Waals surface area contributed by atoms with Crippen molar-refractivity contribution in [1.82, 2.24) is 30.0 Å². The lowest BCUT2D eigenvalue weighted by Crippen LogP contribution is -2.62. The van der Waals surface area contributed by atoms with Crippen molar-refractivity contribution in [2.75, 3.05) is 45.1 Å². The molecule has 0 aliphatic carbocycles. The first-order valence-electron chi connectivity index (χ1n) is 21.1. The minimum Gasteiger partial charge on any atom is -0.480 e. The fourth-order valence-corrected chi connectivity index (χ4v) is 9.89. The number of aromatic nitrogens is 2. The van der Waals surface area contributed by atoms with Crippen molar-refractivity contribution < 1.29 is 51.7 Å². The molecule has 4 amide bonds. The predicted molar refractivity (Wildman–Crippen MR) is 221 cm³/mol. The van der Waals surface area contributed by atoms with Crippen LogP contribution in [-0.2, 0) is 35.2 Å². The van der Waals surface area contributed by atoms with Crippen LogP contribution in [-0.4, -0.2) is 129 Å². The molecule has 7 atom stereocenters. The fourth-order valence-electron chi connectivity index (χ4n) is 8.78. The topological polar surface area (TPSA) is 198 Å². The van der Waals surface area contributed by atoms with E-state index in [1.54, 1.807) is 11.1 Å². The number of imide groups is 1. The summed E-state index contributed by atoms with van der Waals surface area (Å²) in [4.78, 5) is 71.9. The van der Waals surface area contributed by atoms with Gasteiger partial charge in [-0.25, -0.2) is 22.9 Å². The number of fused-ring (bicyclic) bond motifs is 1. The summed E-state index contributed by atoms with van der Waals surface area (Å²) in [5.74, 6) is -4.16. The minimum absolute atomic E-state index is 0.000179. The third-order valence-corrected chi connectivity index (χ3v) is 13.4. The highest BCUT2D eigenvalue weighted by atomic mass is 32.2. The Kier molecular flexibility index (Phi) is 14.9. The fraction of sp³-hybridized carbons (Fsp3) is 0.535. The van der Waals surface area contributed by atoms with E-state index >= 15 is 8.78 Å². The first-order valence-corrected chi connectivity index (χ1v) is 22.1. The van der Waals surface area contributed by atoms with Crippen LogP contribution in [0.15, 0.2) is 54.7 Å². The molecule has 4 aliphatic heterocycles. The summed E-state index contributed by atoms with van der Waals surface area (Å²) < 4.78 is 58.8. The molecule has 62 heavy (non-hydrogen) atoms. The molecular weight excluding hydrogens is 832 g/mol. The molecule has 3 aromatic rings. The molecule has 5 N–H and O–H groups in total. The Bertz CT molecular complexity index is 2090. The number of carboxylic acids is 1. The lowest BCUT2D eigenvalue weighted by molar-refractivity contribution is -0.155. The van der Waals surface area contributed by atoms with Crippen LogP contribution in [0.2, 0.25) is 0 Å². The second-order valence-corrected chi connectivity index (χ2v) is 17.5. The third kappa shape index (κ3) is 10.4. The van der Waals surface area contributed by atoms with Crippen LogP contribution in [0, 0.1) is 23.5 Å². The van der Waals surface area contributed by atoms with Crippen LogP contribution in [0.1, 0.15) is 62.4 Å². The molecule has 0 bridgehead atoms. The number of nitrogens with two attached hydrogens (primary N) is 1. The number of alkyl carbamates (subject to hydrolysis) is 1. The number of ether oxygens (including phenoxy) is 2. The van der Waals surface area contributed by atoms with Gasteiger partial charge in [0.1, 0.15) is 29.7 Å². The lowest BCUT2D eigenvalue weighted by atomic mass is 9.84. The highest BCUT2D eigenvalue weighted by Crippen LogP contribution is 2.41. The number of rotatable bonds is 18. The zero-order valence-corrected chi connectivity index (χ0v) is 35.0. The number of carbonyl (C=O) groups excluding carboxylic acids is 4. The number of carboxylic acid groups (broad SMARTS) is 1. The molecule has 0 radical (unpaired) electrons. The normalized spacial score (nSPS) is 24.0. The van der Waals surface area contributed by atoms with E-state index in [-0.39, 0.29) is 67.3 Å². The van der Waals surface area contributed by atoms with Crippen LogP contribution < -0.4 is 16.4 Å². The number of likely N-dealkylation sites (tertiary alicyclic amines) is 2. The minimum atomic E-state index is -1.37. The third-order valence-electron chi connectivity index (χ3n) is 12.1. The van der Waals surface area contributed by atoms with Crippen LogP contribution in [0.25, 0.3) is 11.3 Å². The zero-order valence-electron chi connectivity index (χ0n) is 34.1. The van der Waals surface area contributed by atoms with Gasteiger partial charge >= 0.3 is 12.1 Å². The molecule has 5 heterocycles. The van der Waals surface area contributed by atoms with Gasteiger partial charge in [-0.15, -0.1) is 11.8 Å². The molecule has 15 nitrogen and oxygen atoms in total. The Morgan fingerprint density at radius 1 is 1.05 bits per heavy atom. The van der Waals surface area contributed by atoms with Crippen LogP contribution >= 0.6 is 11.8 Å². The lowest BCUT2D eigenvalue weighted by Gasteiger charge is -2.45. The Balaban J connectivity index is 1.02. The highest BCUT2D eigenvalue weighted by Gasteiger charge is 2.54. The van der Waals surface area contributed by atoms with Gasteiger partial charge in [-0.3, -0.25) is 24.1 Å². The number of thioether (sulfide) groups is 1.